The van der Waals surface area contributed by atoms with Crippen LogP contribution in [0.3, 0.4) is 0 Å². The predicted octanol–water partition coefficient (Wildman–Crippen LogP) is 2.55. The molecule has 1 aliphatic rings. The highest BCUT2D eigenvalue weighted by Gasteiger charge is 2.18. The van der Waals surface area contributed by atoms with E-state index in [-0.39, 0.29) is 34.2 Å². The van der Waals surface area contributed by atoms with Crippen molar-refractivity contribution in [3.63, 3.8) is 0 Å². The summed E-state index contributed by atoms with van der Waals surface area (Å²) in [5.74, 6) is -2.27. The molecular formula is C21H18FN5O6. The highest BCUT2D eigenvalue weighted by molar-refractivity contribution is 5.96. The van der Waals surface area contributed by atoms with Gasteiger partial charge in [0.25, 0.3) is 0 Å². The van der Waals surface area contributed by atoms with Crippen molar-refractivity contribution in [1.29, 1.82) is 0 Å². The Labute approximate surface area is 186 Å². The van der Waals surface area contributed by atoms with Crippen LogP contribution in [0.15, 0.2) is 46.0 Å². The summed E-state index contributed by atoms with van der Waals surface area (Å²) in [6.07, 6.45) is 2.37. The SMILES string of the molecule is O=C(O)c1cc(C(=O)O)cc(-c2ccc(/C=N/Nc3ncc(F)c(N4CCOCC4)n3)o2)c1. The molecule has 1 aliphatic heterocycles. The number of anilines is 2. The number of ether oxygens (including phenoxy) is 1. The number of benzene rings is 1. The van der Waals surface area contributed by atoms with E-state index in [9.17, 15) is 24.2 Å². The molecule has 3 aromatic rings. The van der Waals surface area contributed by atoms with Gasteiger partial charge in [-0.1, -0.05) is 0 Å². The number of aromatic carboxylic acids is 2. The summed E-state index contributed by atoms with van der Waals surface area (Å²) in [5.41, 5.74) is 2.54. The molecule has 11 nitrogen and oxygen atoms in total. The van der Waals surface area contributed by atoms with Crippen LogP contribution in [0.5, 0.6) is 0 Å². The third-order valence-corrected chi connectivity index (χ3v) is 4.73. The molecule has 0 saturated carbocycles. The van der Waals surface area contributed by atoms with Crippen molar-refractivity contribution in [2.75, 3.05) is 36.6 Å². The average Bonchev–Trinajstić information content (AvgIpc) is 3.29. The van der Waals surface area contributed by atoms with E-state index in [0.717, 1.165) is 12.3 Å². The number of hydrogen-bond donors (Lipinski definition) is 3. The zero-order valence-corrected chi connectivity index (χ0v) is 17.1. The van der Waals surface area contributed by atoms with Crippen LogP contribution < -0.4 is 10.3 Å². The number of rotatable bonds is 7. The largest absolute Gasteiger partial charge is 0.478 e. The van der Waals surface area contributed by atoms with Gasteiger partial charge < -0.3 is 24.3 Å². The Morgan fingerprint density at radius 1 is 1.12 bits per heavy atom. The maximum absolute atomic E-state index is 14.1. The van der Waals surface area contributed by atoms with Crippen LogP contribution in [0, 0.1) is 5.82 Å². The second-order valence-corrected chi connectivity index (χ2v) is 6.95. The van der Waals surface area contributed by atoms with Crippen LogP contribution in [0.2, 0.25) is 0 Å². The fourth-order valence-corrected chi connectivity index (χ4v) is 3.16. The summed E-state index contributed by atoms with van der Waals surface area (Å²) in [5, 5.41) is 22.4. The molecule has 0 unspecified atom stereocenters. The summed E-state index contributed by atoms with van der Waals surface area (Å²) in [6.45, 7) is 1.99. The van der Waals surface area contributed by atoms with E-state index < -0.39 is 17.8 Å². The first kappa shape index (κ1) is 21.9. The van der Waals surface area contributed by atoms with E-state index >= 15 is 0 Å². The molecule has 0 amide bonds. The number of carboxylic acids is 2. The Hall–Kier alpha value is -4.32. The van der Waals surface area contributed by atoms with Crippen molar-refractivity contribution in [3.8, 4) is 11.3 Å². The van der Waals surface area contributed by atoms with Crippen molar-refractivity contribution >= 4 is 29.9 Å². The van der Waals surface area contributed by atoms with Gasteiger partial charge in [-0.05, 0) is 30.3 Å². The Morgan fingerprint density at radius 3 is 2.48 bits per heavy atom. The fraction of sp³-hybridized carbons (Fsp3) is 0.190. The van der Waals surface area contributed by atoms with Crippen LogP contribution in [0.1, 0.15) is 26.5 Å². The summed E-state index contributed by atoms with van der Waals surface area (Å²) >= 11 is 0. The van der Waals surface area contributed by atoms with Crippen molar-refractivity contribution in [1.82, 2.24) is 9.97 Å². The number of nitrogens with zero attached hydrogens (tertiary/aromatic N) is 4. The molecular weight excluding hydrogens is 437 g/mol. The van der Waals surface area contributed by atoms with Crippen molar-refractivity contribution in [2.45, 2.75) is 0 Å². The molecule has 3 heterocycles. The van der Waals surface area contributed by atoms with Gasteiger partial charge >= 0.3 is 11.9 Å². The first-order chi connectivity index (χ1) is 15.9. The molecule has 0 spiro atoms. The van der Waals surface area contributed by atoms with Crippen LogP contribution in [0.4, 0.5) is 16.2 Å². The zero-order chi connectivity index (χ0) is 23.4. The number of hydrazone groups is 1. The van der Waals surface area contributed by atoms with Crippen LogP contribution >= 0.6 is 0 Å². The molecule has 4 rings (SSSR count). The molecule has 1 aromatic carbocycles. The molecule has 0 aliphatic carbocycles. The van der Waals surface area contributed by atoms with Gasteiger partial charge in [0, 0.05) is 18.7 Å². The first-order valence-corrected chi connectivity index (χ1v) is 9.77. The van der Waals surface area contributed by atoms with E-state index in [1.165, 1.54) is 18.3 Å². The lowest BCUT2D eigenvalue weighted by Gasteiger charge is -2.27. The average molecular weight is 455 g/mol. The lowest BCUT2D eigenvalue weighted by atomic mass is 10.0. The number of aromatic nitrogens is 2. The van der Waals surface area contributed by atoms with Gasteiger partial charge in [0.15, 0.2) is 11.6 Å². The minimum Gasteiger partial charge on any atom is -0.478 e. The Bertz CT molecular complexity index is 1190. The van der Waals surface area contributed by atoms with Gasteiger partial charge in [0.2, 0.25) is 5.95 Å². The van der Waals surface area contributed by atoms with Crippen molar-refractivity contribution in [2.24, 2.45) is 5.10 Å². The third kappa shape index (κ3) is 5.13. The van der Waals surface area contributed by atoms with Crippen molar-refractivity contribution in [3.05, 3.63) is 59.2 Å². The highest BCUT2D eigenvalue weighted by Crippen LogP contribution is 2.25. The Morgan fingerprint density at radius 2 is 1.82 bits per heavy atom. The lowest BCUT2D eigenvalue weighted by molar-refractivity contribution is 0.0696. The molecule has 0 bridgehead atoms. The highest BCUT2D eigenvalue weighted by atomic mass is 19.1. The minimum atomic E-state index is -1.26. The van der Waals surface area contributed by atoms with Gasteiger partial charge in [-0.15, -0.1) is 0 Å². The van der Waals surface area contributed by atoms with Gasteiger partial charge in [-0.3, -0.25) is 0 Å². The molecule has 1 saturated heterocycles. The summed E-state index contributed by atoms with van der Waals surface area (Å²) in [4.78, 5) is 32.3. The van der Waals surface area contributed by atoms with Crippen LogP contribution in [0.25, 0.3) is 11.3 Å². The number of hydrogen-bond acceptors (Lipinski definition) is 9. The van der Waals surface area contributed by atoms with Gasteiger partial charge in [0.1, 0.15) is 11.5 Å². The van der Waals surface area contributed by atoms with Crippen LogP contribution in [-0.4, -0.2) is 64.6 Å². The summed E-state index contributed by atoms with van der Waals surface area (Å²) in [7, 11) is 0. The smallest absolute Gasteiger partial charge is 0.335 e. The predicted molar refractivity (Wildman–Crippen MR) is 114 cm³/mol. The molecule has 2 aromatic heterocycles. The Kier molecular flexibility index (Phi) is 6.26. The number of nitrogens with one attached hydrogen (secondary N) is 1. The number of carboxylic acid groups (broad SMARTS) is 2. The molecule has 1 fully saturated rings. The first-order valence-electron chi connectivity index (χ1n) is 9.77. The van der Waals surface area contributed by atoms with E-state index in [1.807, 2.05) is 0 Å². The number of carbonyl (C=O) groups is 2. The van der Waals surface area contributed by atoms with Crippen molar-refractivity contribution < 1.29 is 33.3 Å². The molecule has 3 N–H and O–H groups in total. The molecule has 170 valence electrons. The quantitative estimate of drug-likeness (QED) is 0.358. The van der Waals surface area contributed by atoms with Gasteiger partial charge in [-0.2, -0.15) is 10.1 Å². The second kappa shape index (κ2) is 9.44. The minimum absolute atomic E-state index is 0.0844. The molecule has 12 heteroatoms. The van der Waals surface area contributed by atoms with E-state index in [2.05, 4.69) is 20.5 Å². The molecule has 33 heavy (non-hydrogen) atoms. The third-order valence-electron chi connectivity index (χ3n) is 4.73. The second-order valence-electron chi connectivity index (χ2n) is 6.95. The standard InChI is InChI=1S/C21H18FN5O6/c22-16-11-23-21(25-18(16)27-3-5-32-6-4-27)26-24-10-15-1-2-17(33-15)12-7-13(19(28)29)9-14(8-12)20(30)31/h1-2,7-11H,3-6H2,(H,28,29)(H,30,31)(H,23,25,26)/b24-10+. The van der Waals surface area contributed by atoms with Gasteiger partial charge in [0.05, 0.1) is 36.8 Å². The molecule has 0 atom stereocenters. The normalized spacial score (nSPS) is 13.9. The maximum atomic E-state index is 14.1. The fourth-order valence-electron chi connectivity index (χ4n) is 3.16. The monoisotopic (exact) mass is 455 g/mol. The summed E-state index contributed by atoms with van der Waals surface area (Å²) < 4.78 is 25.0. The number of morpholine rings is 1. The molecule has 0 radical (unpaired) electrons. The Balaban J connectivity index is 1.49. The van der Waals surface area contributed by atoms with E-state index in [1.54, 1.807) is 17.0 Å². The number of furan rings is 1. The lowest BCUT2D eigenvalue weighted by Crippen LogP contribution is -2.37. The summed E-state index contributed by atoms with van der Waals surface area (Å²) in [6, 6.07) is 6.81. The van der Waals surface area contributed by atoms with E-state index in [4.69, 9.17) is 9.15 Å². The maximum Gasteiger partial charge on any atom is 0.335 e. The van der Waals surface area contributed by atoms with Crippen LogP contribution in [-0.2, 0) is 4.74 Å². The zero-order valence-electron chi connectivity index (χ0n) is 17.1. The number of halogens is 1. The van der Waals surface area contributed by atoms with Gasteiger partial charge in [-0.25, -0.2) is 24.4 Å². The van der Waals surface area contributed by atoms with E-state index in [0.29, 0.717) is 32.1 Å². The topological polar surface area (TPSA) is 150 Å².